The molecule has 1 N–H and O–H groups in total. The third-order valence-electron chi connectivity index (χ3n) is 8.51. The molecule has 0 fully saturated rings. The molecular formula is C35H48O6. The first kappa shape index (κ1) is 30.8. The predicted octanol–water partition coefficient (Wildman–Crippen LogP) is 9.03. The fourth-order valence-electron chi connectivity index (χ4n) is 6.10. The van der Waals surface area contributed by atoms with Crippen molar-refractivity contribution in [3.8, 4) is 23.0 Å². The number of benzene rings is 2. The molecule has 2 aromatic carbocycles. The first-order chi connectivity index (χ1) is 20.1. The Kier molecular flexibility index (Phi) is 12.3. The number of rotatable bonds is 15. The number of ether oxygens (including phenoxy) is 4. The third-order valence-corrected chi connectivity index (χ3v) is 8.51. The molecule has 0 aromatic heterocycles. The Hall–Kier alpha value is -3.15. The van der Waals surface area contributed by atoms with Crippen molar-refractivity contribution in [1.82, 2.24) is 0 Å². The van der Waals surface area contributed by atoms with Gasteiger partial charge in [0.25, 0.3) is 0 Å². The Bertz CT molecular complexity index is 1130. The van der Waals surface area contributed by atoms with E-state index < -0.39 is 5.97 Å². The smallest absolute Gasteiger partial charge is 0.303 e. The van der Waals surface area contributed by atoms with E-state index in [2.05, 4.69) is 18.2 Å². The molecule has 0 saturated heterocycles. The Morgan fingerprint density at radius 1 is 0.829 bits per heavy atom. The highest BCUT2D eigenvalue weighted by atomic mass is 16.5. The van der Waals surface area contributed by atoms with Crippen LogP contribution < -0.4 is 18.9 Å². The second kappa shape index (κ2) is 16.3. The van der Waals surface area contributed by atoms with Gasteiger partial charge in [-0.2, -0.15) is 0 Å². The number of allylic oxidation sites excluding steroid dienone is 2. The quantitative estimate of drug-likeness (QED) is 0.172. The molecule has 224 valence electrons. The van der Waals surface area contributed by atoms with E-state index in [0.29, 0.717) is 13.0 Å². The second-order valence-corrected chi connectivity index (χ2v) is 11.5. The number of carboxylic acid groups (broad SMARTS) is 1. The van der Waals surface area contributed by atoms with Gasteiger partial charge < -0.3 is 24.1 Å². The minimum atomic E-state index is -0.655. The maximum Gasteiger partial charge on any atom is 0.303 e. The van der Waals surface area contributed by atoms with Crippen molar-refractivity contribution < 1.29 is 28.8 Å². The Morgan fingerprint density at radius 2 is 1.44 bits per heavy atom. The van der Waals surface area contributed by atoms with Crippen LogP contribution in [0.4, 0.5) is 0 Å². The van der Waals surface area contributed by atoms with Crippen molar-refractivity contribution in [3.05, 3.63) is 59.7 Å². The fourth-order valence-corrected chi connectivity index (χ4v) is 6.10. The molecule has 0 amide bonds. The Morgan fingerprint density at radius 3 is 2.05 bits per heavy atom. The number of carbonyl (C=O) groups is 1. The molecule has 6 nitrogen and oxygen atoms in total. The summed E-state index contributed by atoms with van der Waals surface area (Å²) in [5.41, 5.74) is 2.25. The van der Waals surface area contributed by atoms with Crippen LogP contribution in [0, 0.1) is 5.92 Å². The summed E-state index contributed by atoms with van der Waals surface area (Å²) in [5.74, 6) is 3.80. The number of carboxylic acids is 1. The van der Waals surface area contributed by atoms with Crippen LogP contribution in [0.1, 0.15) is 113 Å². The number of hydrogen-bond acceptors (Lipinski definition) is 5. The minimum absolute atomic E-state index is 0.00163. The summed E-state index contributed by atoms with van der Waals surface area (Å²) in [5, 5.41) is 8.52. The average Bonchev–Trinajstić information content (AvgIpc) is 3.65. The number of aliphatic carboxylic acids is 1. The van der Waals surface area contributed by atoms with Crippen LogP contribution in [0.25, 0.3) is 0 Å². The summed E-state index contributed by atoms with van der Waals surface area (Å²) >= 11 is 0. The molecule has 0 radical (unpaired) electrons. The normalized spacial score (nSPS) is 19.6. The molecule has 6 heteroatoms. The first-order valence-electron chi connectivity index (χ1n) is 15.6. The lowest BCUT2D eigenvalue weighted by Gasteiger charge is -2.28. The first-order valence-corrected chi connectivity index (χ1v) is 15.6. The average molecular weight is 565 g/mol. The van der Waals surface area contributed by atoms with Gasteiger partial charge in [0.05, 0.1) is 26.7 Å². The molecule has 3 unspecified atom stereocenters. The van der Waals surface area contributed by atoms with Crippen molar-refractivity contribution in [3.63, 3.8) is 0 Å². The fraction of sp³-hybridized carbons (Fsp3) is 0.571. The lowest BCUT2D eigenvalue weighted by atomic mass is 9.89. The highest BCUT2D eigenvalue weighted by Crippen LogP contribution is 2.52. The standard InChI is InChI=1S/C18H32O2.C17H16O4/c19-18(20)16-10-8-6-4-2-1-3-5-7-9-13-17-14-11-12-15-17;1-18-10-4-6-13-15(7-10)20-9-14-12-5-3-11(19-2)8-16(12)21-17(13)14/h11,14,17H,1-10,12-13,15-16H2,(H,19,20);3-8,14,17H,9H2,1-2H3. The van der Waals surface area contributed by atoms with E-state index in [1.54, 1.807) is 14.2 Å². The van der Waals surface area contributed by atoms with Crippen molar-refractivity contribution in [2.45, 2.75) is 102 Å². The zero-order chi connectivity index (χ0) is 28.9. The number of unbranched alkanes of at least 4 members (excludes halogenated alkanes) is 9. The van der Waals surface area contributed by atoms with E-state index in [4.69, 9.17) is 24.1 Å². The molecule has 3 atom stereocenters. The molecule has 41 heavy (non-hydrogen) atoms. The predicted molar refractivity (Wildman–Crippen MR) is 162 cm³/mol. The van der Waals surface area contributed by atoms with Crippen LogP contribution in [0.3, 0.4) is 0 Å². The van der Waals surface area contributed by atoms with E-state index in [1.807, 2.05) is 30.3 Å². The zero-order valence-electron chi connectivity index (χ0n) is 24.9. The van der Waals surface area contributed by atoms with E-state index >= 15 is 0 Å². The topological polar surface area (TPSA) is 74.2 Å². The molecule has 0 saturated carbocycles. The van der Waals surface area contributed by atoms with Crippen LogP contribution in [-0.2, 0) is 4.79 Å². The van der Waals surface area contributed by atoms with E-state index in [9.17, 15) is 4.79 Å². The molecule has 2 aromatic rings. The summed E-state index contributed by atoms with van der Waals surface area (Å²) in [6, 6.07) is 11.9. The summed E-state index contributed by atoms with van der Waals surface area (Å²) in [7, 11) is 3.32. The van der Waals surface area contributed by atoms with Gasteiger partial charge in [-0.25, -0.2) is 0 Å². The number of hydrogen-bond donors (Lipinski definition) is 1. The van der Waals surface area contributed by atoms with Crippen LogP contribution in [0.5, 0.6) is 23.0 Å². The molecule has 3 aliphatic rings. The van der Waals surface area contributed by atoms with E-state index in [-0.39, 0.29) is 12.0 Å². The highest BCUT2D eigenvalue weighted by molar-refractivity contribution is 5.66. The van der Waals surface area contributed by atoms with Crippen molar-refractivity contribution in [2.24, 2.45) is 5.92 Å². The molecule has 0 spiro atoms. The SMILES string of the molecule is COc1ccc2c(c1)OC1c3ccc(OC)cc3OCC21.O=C(O)CCCCCCCCCCCCC1C=CCC1. The van der Waals surface area contributed by atoms with Gasteiger partial charge in [-0.05, 0) is 49.8 Å². The molecular weight excluding hydrogens is 516 g/mol. The van der Waals surface area contributed by atoms with Gasteiger partial charge in [-0.15, -0.1) is 0 Å². The summed E-state index contributed by atoms with van der Waals surface area (Å²) < 4.78 is 22.6. The van der Waals surface area contributed by atoms with Crippen LogP contribution in [-0.4, -0.2) is 31.9 Å². The maximum atomic E-state index is 10.3. The van der Waals surface area contributed by atoms with Crippen molar-refractivity contribution in [1.29, 1.82) is 0 Å². The van der Waals surface area contributed by atoms with Crippen molar-refractivity contribution >= 4 is 5.97 Å². The largest absolute Gasteiger partial charge is 0.497 e. The van der Waals surface area contributed by atoms with Gasteiger partial charge >= 0.3 is 5.97 Å². The minimum Gasteiger partial charge on any atom is -0.497 e. The van der Waals surface area contributed by atoms with Crippen molar-refractivity contribution in [2.75, 3.05) is 20.8 Å². The maximum absolute atomic E-state index is 10.3. The highest BCUT2D eigenvalue weighted by Gasteiger charge is 2.40. The van der Waals surface area contributed by atoms with Gasteiger partial charge in [0.2, 0.25) is 0 Å². The monoisotopic (exact) mass is 564 g/mol. The summed E-state index contributed by atoms with van der Waals surface area (Å²) in [6.45, 7) is 0.615. The van der Waals surface area contributed by atoms with E-state index in [1.165, 1.54) is 76.2 Å². The van der Waals surface area contributed by atoms with Crippen LogP contribution in [0.15, 0.2) is 48.6 Å². The molecule has 0 bridgehead atoms. The zero-order valence-corrected chi connectivity index (χ0v) is 24.9. The van der Waals surface area contributed by atoms with Gasteiger partial charge in [0, 0.05) is 29.7 Å². The molecule has 1 aliphatic carbocycles. The van der Waals surface area contributed by atoms with Gasteiger partial charge in [-0.3, -0.25) is 4.79 Å². The second-order valence-electron chi connectivity index (χ2n) is 11.5. The van der Waals surface area contributed by atoms with Crippen LogP contribution >= 0.6 is 0 Å². The lowest BCUT2D eigenvalue weighted by molar-refractivity contribution is -0.137. The molecule has 2 aliphatic heterocycles. The van der Waals surface area contributed by atoms with Crippen LogP contribution in [0.2, 0.25) is 0 Å². The Labute approximate surface area is 246 Å². The van der Waals surface area contributed by atoms with E-state index in [0.717, 1.165) is 47.3 Å². The van der Waals surface area contributed by atoms with Gasteiger partial charge in [-0.1, -0.05) is 76.0 Å². The molecule has 5 rings (SSSR count). The summed E-state index contributed by atoms with van der Waals surface area (Å²) in [6.07, 6.45) is 21.9. The number of fused-ring (bicyclic) bond motifs is 5. The number of methoxy groups -OCH3 is 2. The van der Waals surface area contributed by atoms with Gasteiger partial charge in [0.15, 0.2) is 0 Å². The third kappa shape index (κ3) is 9.17. The summed E-state index contributed by atoms with van der Waals surface area (Å²) in [4.78, 5) is 10.3. The Balaban J connectivity index is 0.000000189. The molecule has 2 heterocycles. The lowest BCUT2D eigenvalue weighted by Crippen LogP contribution is -2.23. The van der Waals surface area contributed by atoms with Gasteiger partial charge in [0.1, 0.15) is 29.1 Å².